The van der Waals surface area contributed by atoms with Crippen LogP contribution in [0.2, 0.25) is 0 Å². The molecule has 23 heavy (non-hydrogen) atoms. The van der Waals surface area contributed by atoms with E-state index in [1.54, 1.807) is 24.3 Å². The van der Waals surface area contributed by atoms with Gasteiger partial charge in [-0.15, -0.1) is 4.40 Å². The van der Waals surface area contributed by atoms with Gasteiger partial charge in [0.15, 0.2) is 0 Å². The Morgan fingerprint density at radius 3 is 2.35 bits per heavy atom. The first-order valence-corrected chi connectivity index (χ1v) is 9.83. The first kappa shape index (κ1) is 16.5. The summed E-state index contributed by atoms with van der Waals surface area (Å²) in [5.41, 5.74) is 0. The van der Waals surface area contributed by atoms with Crippen LogP contribution >= 0.6 is 0 Å². The van der Waals surface area contributed by atoms with E-state index in [0.29, 0.717) is 13.2 Å². The molecule has 0 N–H and O–H groups in total. The van der Waals surface area contributed by atoms with Crippen molar-refractivity contribution in [3.05, 3.63) is 30.3 Å². The van der Waals surface area contributed by atoms with E-state index in [4.69, 9.17) is 4.74 Å². The molecule has 1 aromatic rings. The van der Waals surface area contributed by atoms with Crippen molar-refractivity contribution >= 4 is 15.9 Å². The fraction of sp³-hybridized carbons (Fsp3) is 0.588. The predicted octanol–water partition coefficient (Wildman–Crippen LogP) is 2.69. The van der Waals surface area contributed by atoms with Gasteiger partial charge in [0.25, 0.3) is 10.0 Å². The predicted molar refractivity (Wildman–Crippen MR) is 90.0 cm³/mol. The van der Waals surface area contributed by atoms with Crippen LogP contribution in [0.3, 0.4) is 0 Å². The lowest BCUT2D eigenvalue weighted by Gasteiger charge is -2.35. The van der Waals surface area contributed by atoms with E-state index >= 15 is 0 Å². The normalized spacial score (nSPS) is 21.4. The molecule has 3 rings (SSSR count). The van der Waals surface area contributed by atoms with Crippen LogP contribution in [-0.4, -0.2) is 45.5 Å². The van der Waals surface area contributed by atoms with Gasteiger partial charge in [-0.05, 0) is 25.0 Å². The van der Waals surface area contributed by atoms with Crippen molar-refractivity contribution in [3.8, 4) is 0 Å². The van der Waals surface area contributed by atoms with Gasteiger partial charge >= 0.3 is 0 Å². The molecule has 1 saturated heterocycles. The molecule has 0 spiro atoms. The van der Waals surface area contributed by atoms with Crippen LogP contribution in [0.1, 0.15) is 32.1 Å². The highest BCUT2D eigenvalue weighted by atomic mass is 32.2. The van der Waals surface area contributed by atoms with E-state index in [2.05, 4.69) is 9.30 Å². The Balaban J connectivity index is 1.92. The molecule has 0 unspecified atom stereocenters. The van der Waals surface area contributed by atoms with Crippen LogP contribution in [0.4, 0.5) is 0 Å². The maximum absolute atomic E-state index is 12.7. The maximum Gasteiger partial charge on any atom is 0.283 e. The molecule has 0 radical (unpaired) electrons. The minimum atomic E-state index is -3.65. The topological polar surface area (TPSA) is 59.0 Å². The Morgan fingerprint density at radius 2 is 1.70 bits per heavy atom. The molecule has 0 amide bonds. The van der Waals surface area contributed by atoms with Gasteiger partial charge in [0.2, 0.25) is 0 Å². The molecule has 5 nitrogen and oxygen atoms in total. The van der Waals surface area contributed by atoms with Crippen LogP contribution in [0.5, 0.6) is 0 Å². The second kappa shape index (κ2) is 7.45. The zero-order chi connectivity index (χ0) is 16.1. The van der Waals surface area contributed by atoms with Crippen LogP contribution in [0, 0.1) is 5.92 Å². The van der Waals surface area contributed by atoms with E-state index < -0.39 is 10.0 Å². The minimum Gasteiger partial charge on any atom is -0.378 e. The van der Waals surface area contributed by atoms with Gasteiger partial charge in [-0.3, -0.25) is 0 Å². The third-order valence-corrected chi connectivity index (χ3v) is 5.86. The third kappa shape index (κ3) is 4.12. The van der Waals surface area contributed by atoms with Gasteiger partial charge < -0.3 is 9.64 Å². The number of nitrogens with zero attached hydrogens (tertiary/aromatic N) is 2. The highest BCUT2D eigenvalue weighted by molar-refractivity contribution is 7.90. The SMILES string of the molecule is O=S(=O)(/N=C(/C1CCCCC1)N1CCOCC1)c1ccccc1. The summed E-state index contributed by atoms with van der Waals surface area (Å²) in [6.07, 6.45) is 5.60. The highest BCUT2D eigenvalue weighted by Gasteiger charge is 2.28. The molecule has 1 aliphatic carbocycles. The molecule has 1 heterocycles. The summed E-state index contributed by atoms with van der Waals surface area (Å²) in [7, 11) is -3.65. The Bertz CT molecular complexity index is 611. The number of hydrogen-bond acceptors (Lipinski definition) is 3. The average Bonchev–Trinajstić information content (AvgIpc) is 2.62. The van der Waals surface area contributed by atoms with Crippen LogP contribution < -0.4 is 0 Å². The Labute approximate surface area is 138 Å². The third-order valence-electron chi connectivity index (χ3n) is 4.56. The largest absolute Gasteiger partial charge is 0.378 e. The summed E-state index contributed by atoms with van der Waals surface area (Å²) < 4.78 is 35.1. The zero-order valence-electron chi connectivity index (χ0n) is 13.4. The van der Waals surface area contributed by atoms with E-state index in [0.717, 1.165) is 44.6 Å². The number of rotatable bonds is 3. The van der Waals surface area contributed by atoms with Crippen molar-refractivity contribution < 1.29 is 13.2 Å². The van der Waals surface area contributed by atoms with E-state index in [1.165, 1.54) is 6.42 Å². The molecule has 2 fully saturated rings. The Hall–Kier alpha value is -1.40. The fourth-order valence-corrected chi connectivity index (χ4v) is 4.43. The van der Waals surface area contributed by atoms with Crippen molar-refractivity contribution in [2.45, 2.75) is 37.0 Å². The van der Waals surface area contributed by atoms with E-state index in [1.807, 2.05) is 6.07 Å². The molecule has 6 heteroatoms. The lowest BCUT2D eigenvalue weighted by Crippen LogP contribution is -2.44. The van der Waals surface area contributed by atoms with Crippen molar-refractivity contribution in [2.75, 3.05) is 26.3 Å². The molecular formula is C17H24N2O3S. The van der Waals surface area contributed by atoms with Gasteiger partial charge in [0, 0.05) is 19.0 Å². The average molecular weight is 336 g/mol. The van der Waals surface area contributed by atoms with Gasteiger partial charge in [-0.2, -0.15) is 8.42 Å². The molecule has 126 valence electrons. The van der Waals surface area contributed by atoms with Gasteiger partial charge in [-0.1, -0.05) is 37.5 Å². The molecule has 0 bridgehead atoms. The zero-order valence-corrected chi connectivity index (χ0v) is 14.2. The lowest BCUT2D eigenvalue weighted by atomic mass is 9.88. The number of hydrogen-bond donors (Lipinski definition) is 0. The Morgan fingerprint density at radius 1 is 1.04 bits per heavy atom. The van der Waals surface area contributed by atoms with Crippen molar-refractivity contribution in [2.24, 2.45) is 10.3 Å². The first-order chi connectivity index (χ1) is 11.2. The quantitative estimate of drug-likeness (QED) is 0.629. The van der Waals surface area contributed by atoms with E-state index in [-0.39, 0.29) is 10.8 Å². The summed E-state index contributed by atoms with van der Waals surface area (Å²) in [5, 5.41) is 0. The number of sulfonamides is 1. The lowest BCUT2D eigenvalue weighted by molar-refractivity contribution is 0.0654. The number of morpholine rings is 1. The second-order valence-electron chi connectivity index (χ2n) is 6.17. The number of benzene rings is 1. The smallest absolute Gasteiger partial charge is 0.283 e. The first-order valence-electron chi connectivity index (χ1n) is 8.39. The molecule has 1 aliphatic heterocycles. The van der Waals surface area contributed by atoms with Crippen LogP contribution in [0.15, 0.2) is 39.6 Å². The molecular weight excluding hydrogens is 312 g/mol. The summed E-state index contributed by atoms with van der Waals surface area (Å²) in [4.78, 5) is 2.38. The number of ether oxygens (including phenoxy) is 1. The summed E-state index contributed by atoms with van der Waals surface area (Å²) in [6.45, 7) is 2.72. The van der Waals surface area contributed by atoms with Gasteiger partial charge in [0.1, 0.15) is 5.84 Å². The van der Waals surface area contributed by atoms with Crippen molar-refractivity contribution in [1.82, 2.24) is 4.90 Å². The van der Waals surface area contributed by atoms with Crippen molar-refractivity contribution in [1.29, 1.82) is 0 Å². The molecule has 0 aromatic heterocycles. The minimum absolute atomic E-state index is 0.250. The van der Waals surface area contributed by atoms with Crippen LogP contribution in [0.25, 0.3) is 0 Å². The number of amidine groups is 1. The molecule has 0 atom stereocenters. The van der Waals surface area contributed by atoms with Crippen molar-refractivity contribution in [3.63, 3.8) is 0 Å². The summed E-state index contributed by atoms with van der Waals surface area (Å²) >= 11 is 0. The fourth-order valence-electron chi connectivity index (χ4n) is 3.31. The van der Waals surface area contributed by atoms with E-state index in [9.17, 15) is 8.42 Å². The van der Waals surface area contributed by atoms with Crippen LogP contribution in [-0.2, 0) is 14.8 Å². The summed E-state index contributed by atoms with van der Waals surface area (Å²) in [5.74, 6) is 0.997. The maximum atomic E-state index is 12.7. The molecule has 2 aliphatic rings. The second-order valence-corrected chi connectivity index (χ2v) is 7.78. The monoisotopic (exact) mass is 336 g/mol. The summed E-state index contributed by atoms with van der Waals surface area (Å²) in [6, 6.07) is 8.49. The highest BCUT2D eigenvalue weighted by Crippen LogP contribution is 2.28. The van der Waals surface area contributed by atoms with Gasteiger partial charge in [0.05, 0.1) is 18.1 Å². The molecule has 1 saturated carbocycles. The van der Waals surface area contributed by atoms with Gasteiger partial charge in [-0.25, -0.2) is 0 Å². The Kier molecular flexibility index (Phi) is 5.33. The molecule has 1 aromatic carbocycles. The standard InChI is InChI=1S/C17H24N2O3S/c20-23(21,16-9-5-2-6-10-16)18-17(15-7-3-1-4-8-15)19-11-13-22-14-12-19/h2,5-6,9-10,15H,1,3-4,7-8,11-14H2/b18-17-.